The maximum absolute atomic E-state index is 5.68. The summed E-state index contributed by atoms with van der Waals surface area (Å²) in [6.07, 6.45) is 3.55. The molecule has 24 heavy (non-hydrogen) atoms. The summed E-state index contributed by atoms with van der Waals surface area (Å²) in [4.78, 5) is 8.34. The van der Waals surface area contributed by atoms with Gasteiger partial charge in [-0.15, -0.1) is 5.10 Å². The number of pyridine rings is 1. The molecule has 8 heteroatoms. The highest BCUT2D eigenvalue weighted by Gasteiger charge is 2.04. The number of aromatic amines is 1. The van der Waals surface area contributed by atoms with Gasteiger partial charge >= 0.3 is 0 Å². The molecule has 2 heterocycles. The second-order valence-corrected chi connectivity index (χ2v) is 5.98. The van der Waals surface area contributed by atoms with E-state index >= 15 is 0 Å². The molecular weight excluding hydrogens is 322 g/mol. The Hall–Kier alpha value is -2.87. The van der Waals surface area contributed by atoms with Crippen LogP contribution in [0.5, 0.6) is 0 Å². The molecule has 0 saturated heterocycles. The maximum Gasteiger partial charge on any atom is 0.240 e. The Labute approximate surface area is 143 Å². The van der Waals surface area contributed by atoms with E-state index in [4.69, 9.17) is 5.73 Å². The Morgan fingerprint density at radius 1 is 1.21 bits per heavy atom. The second kappa shape index (κ2) is 7.60. The predicted octanol–water partition coefficient (Wildman–Crippen LogP) is 2.91. The largest absolute Gasteiger partial charge is 0.399 e. The van der Waals surface area contributed by atoms with Gasteiger partial charge in [-0.3, -0.25) is 4.98 Å². The third-order valence-corrected chi connectivity index (χ3v) is 4.16. The highest BCUT2D eigenvalue weighted by molar-refractivity contribution is 7.98. The molecule has 3 rings (SSSR count). The molecule has 4 N–H and O–H groups in total. The summed E-state index contributed by atoms with van der Waals surface area (Å²) in [5, 5.41) is 11.9. The van der Waals surface area contributed by atoms with Gasteiger partial charge < -0.3 is 5.73 Å². The van der Waals surface area contributed by atoms with Crippen molar-refractivity contribution in [3.8, 4) is 0 Å². The number of thioether (sulfide) groups is 1. The average molecular weight is 339 g/mol. The summed E-state index contributed by atoms with van der Waals surface area (Å²) in [6.45, 7) is 1.91. The summed E-state index contributed by atoms with van der Waals surface area (Å²) >= 11 is 1.54. The Morgan fingerprint density at radius 3 is 2.71 bits per heavy atom. The third-order valence-electron chi connectivity index (χ3n) is 3.24. The number of hydrogen-bond donors (Lipinski definition) is 3. The van der Waals surface area contributed by atoms with Crippen LogP contribution in [-0.2, 0) is 5.75 Å². The first-order valence-corrected chi connectivity index (χ1v) is 8.29. The molecule has 3 aromatic rings. The van der Waals surface area contributed by atoms with Gasteiger partial charge in [0.25, 0.3) is 0 Å². The van der Waals surface area contributed by atoms with Crippen molar-refractivity contribution in [1.29, 1.82) is 0 Å². The molecule has 0 bridgehead atoms. The topological polar surface area (TPSA) is 105 Å². The lowest BCUT2D eigenvalue weighted by molar-refractivity contribution is 0.972. The third kappa shape index (κ3) is 4.32. The zero-order valence-corrected chi connectivity index (χ0v) is 13.9. The van der Waals surface area contributed by atoms with E-state index in [0.29, 0.717) is 11.1 Å². The van der Waals surface area contributed by atoms with Crippen LogP contribution in [0.1, 0.15) is 18.1 Å². The highest BCUT2D eigenvalue weighted by atomic mass is 32.2. The minimum absolute atomic E-state index is 0.502. The lowest BCUT2D eigenvalue weighted by Crippen LogP contribution is -2.00. The molecule has 0 saturated carbocycles. The van der Waals surface area contributed by atoms with E-state index in [1.165, 1.54) is 5.56 Å². The molecule has 0 fully saturated rings. The summed E-state index contributed by atoms with van der Waals surface area (Å²) in [6, 6.07) is 11.5. The van der Waals surface area contributed by atoms with Crippen LogP contribution in [0, 0.1) is 0 Å². The molecule has 0 radical (unpaired) electrons. The van der Waals surface area contributed by atoms with Crippen LogP contribution in [0.15, 0.2) is 59.0 Å². The van der Waals surface area contributed by atoms with Crippen molar-refractivity contribution in [3.63, 3.8) is 0 Å². The number of hydrazone groups is 1. The quantitative estimate of drug-likeness (QED) is 0.276. The van der Waals surface area contributed by atoms with Crippen molar-refractivity contribution in [2.45, 2.75) is 17.8 Å². The van der Waals surface area contributed by atoms with Gasteiger partial charge in [-0.25, -0.2) is 10.5 Å². The van der Waals surface area contributed by atoms with Crippen molar-refractivity contribution in [2.24, 2.45) is 5.10 Å². The van der Waals surface area contributed by atoms with E-state index in [1.54, 1.807) is 24.2 Å². The lowest BCUT2D eigenvalue weighted by atomic mass is 10.1. The number of nitrogens with one attached hydrogen (secondary N) is 2. The van der Waals surface area contributed by atoms with Gasteiger partial charge in [0.15, 0.2) is 0 Å². The Morgan fingerprint density at radius 2 is 1.96 bits per heavy atom. The van der Waals surface area contributed by atoms with E-state index < -0.39 is 0 Å². The van der Waals surface area contributed by atoms with Crippen molar-refractivity contribution < 1.29 is 0 Å². The standard InChI is InChI=1S/C16H17N7S/c1-11(13-2-4-14(17)5-3-13)20-21-15-19-16(23-22-15)24-10-12-6-8-18-9-7-12/h2-9H,10,17H2,1H3,(H2,19,21,22,23)/b20-11+. The number of nitrogens with zero attached hydrogens (tertiary/aromatic N) is 4. The monoisotopic (exact) mass is 339 g/mol. The molecule has 0 amide bonds. The van der Waals surface area contributed by atoms with Crippen LogP contribution >= 0.6 is 11.8 Å². The molecule has 2 aromatic heterocycles. The van der Waals surface area contributed by atoms with Gasteiger partial charge in [-0.1, -0.05) is 23.9 Å². The van der Waals surface area contributed by atoms with Crippen molar-refractivity contribution >= 4 is 29.1 Å². The zero-order valence-electron chi connectivity index (χ0n) is 13.1. The van der Waals surface area contributed by atoms with Crippen molar-refractivity contribution in [2.75, 3.05) is 11.2 Å². The summed E-state index contributed by atoms with van der Waals surface area (Å²) in [5.74, 6) is 1.29. The highest BCUT2D eigenvalue weighted by Crippen LogP contribution is 2.19. The molecule has 0 unspecified atom stereocenters. The predicted molar refractivity (Wildman–Crippen MR) is 96.9 cm³/mol. The fourth-order valence-electron chi connectivity index (χ4n) is 1.91. The number of hydrogen-bond acceptors (Lipinski definition) is 7. The van der Waals surface area contributed by atoms with Crippen LogP contribution in [0.4, 0.5) is 11.6 Å². The average Bonchev–Trinajstić information content (AvgIpc) is 3.07. The molecule has 0 aliphatic heterocycles. The molecular formula is C16H17N7S. The van der Waals surface area contributed by atoms with Crippen LogP contribution in [0.3, 0.4) is 0 Å². The first kappa shape index (κ1) is 16.0. The fourth-order valence-corrected chi connectivity index (χ4v) is 2.67. The Kier molecular flexibility index (Phi) is 5.07. The minimum atomic E-state index is 0.502. The van der Waals surface area contributed by atoms with Crippen LogP contribution < -0.4 is 11.2 Å². The molecule has 1 aromatic carbocycles. The van der Waals surface area contributed by atoms with Crippen LogP contribution in [-0.4, -0.2) is 25.9 Å². The summed E-state index contributed by atoms with van der Waals surface area (Å²) in [5.41, 5.74) is 12.3. The first-order chi connectivity index (χ1) is 11.7. The smallest absolute Gasteiger partial charge is 0.240 e. The van der Waals surface area contributed by atoms with E-state index in [2.05, 4.69) is 30.7 Å². The number of anilines is 2. The van der Waals surface area contributed by atoms with E-state index in [0.717, 1.165) is 22.7 Å². The summed E-state index contributed by atoms with van der Waals surface area (Å²) < 4.78 is 0. The maximum atomic E-state index is 5.68. The number of aromatic nitrogens is 4. The zero-order chi connectivity index (χ0) is 16.8. The molecule has 122 valence electrons. The molecule has 0 atom stereocenters. The number of nitrogens with two attached hydrogens (primary N) is 1. The SMILES string of the molecule is C/C(=N\Nc1nc(SCc2ccncc2)n[nH]1)c1ccc(N)cc1. The number of rotatable bonds is 6. The molecule has 7 nitrogen and oxygen atoms in total. The molecule has 0 spiro atoms. The second-order valence-electron chi connectivity index (χ2n) is 5.04. The van der Waals surface area contributed by atoms with E-state index in [9.17, 15) is 0 Å². The summed E-state index contributed by atoms with van der Waals surface area (Å²) in [7, 11) is 0. The van der Waals surface area contributed by atoms with Gasteiger partial charge in [-0.05, 0) is 42.3 Å². The van der Waals surface area contributed by atoms with E-state index in [1.807, 2.05) is 43.3 Å². The normalized spacial score (nSPS) is 11.5. The van der Waals surface area contributed by atoms with Gasteiger partial charge in [0.2, 0.25) is 11.1 Å². The van der Waals surface area contributed by atoms with Crippen LogP contribution in [0.25, 0.3) is 0 Å². The Bertz CT molecular complexity index is 812. The number of H-pyrrole nitrogens is 1. The van der Waals surface area contributed by atoms with Gasteiger partial charge in [-0.2, -0.15) is 10.1 Å². The lowest BCUT2D eigenvalue weighted by Gasteiger charge is -2.01. The van der Waals surface area contributed by atoms with Gasteiger partial charge in [0.1, 0.15) is 0 Å². The van der Waals surface area contributed by atoms with Gasteiger partial charge in [0.05, 0.1) is 5.71 Å². The van der Waals surface area contributed by atoms with Crippen molar-refractivity contribution in [3.05, 3.63) is 59.9 Å². The van der Waals surface area contributed by atoms with Gasteiger partial charge in [0, 0.05) is 23.8 Å². The fraction of sp³-hybridized carbons (Fsp3) is 0.125. The van der Waals surface area contributed by atoms with Crippen LogP contribution in [0.2, 0.25) is 0 Å². The minimum Gasteiger partial charge on any atom is -0.399 e. The molecule has 0 aliphatic rings. The number of benzene rings is 1. The van der Waals surface area contributed by atoms with E-state index in [-0.39, 0.29) is 0 Å². The molecule has 0 aliphatic carbocycles. The first-order valence-electron chi connectivity index (χ1n) is 7.31. The number of nitrogen functional groups attached to an aromatic ring is 1. The van der Waals surface area contributed by atoms with Crippen molar-refractivity contribution in [1.82, 2.24) is 20.2 Å². The Balaban J connectivity index is 1.57.